The molecule has 2 aliphatic heterocycles. The summed E-state index contributed by atoms with van der Waals surface area (Å²) in [6.07, 6.45) is 1.56. The first kappa shape index (κ1) is 12.0. The summed E-state index contributed by atoms with van der Waals surface area (Å²) in [6.45, 7) is 2.67. The molecule has 0 bridgehead atoms. The molecule has 1 aromatic rings. The number of carbonyl (C=O) groups is 2. The van der Waals surface area contributed by atoms with Gasteiger partial charge in [0.15, 0.2) is 0 Å². The van der Waals surface area contributed by atoms with Gasteiger partial charge in [0.1, 0.15) is 11.8 Å². The van der Waals surface area contributed by atoms with Crippen LogP contribution < -0.4 is 15.0 Å². The Morgan fingerprint density at radius 2 is 2.32 bits per heavy atom. The van der Waals surface area contributed by atoms with Crippen molar-refractivity contribution >= 4 is 18.0 Å². The van der Waals surface area contributed by atoms with Gasteiger partial charge in [-0.15, -0.1) is 0 Å². The summed E-state index contributed by atoms with van der Waals surface area (Å²) in [6, 6.07) is 5.14. The third kappa shape index (κ3) is 1.47. The van der Waals surface area contributed by atoms with Crippen molar-refractivity contribution in [1.29, 1.82) is 0 Å². The van der Waals surface area contributed by atoms with Crippen molar-refractivity contribution in [3.05, 3.63) is 23.8 Å². The van der Waals surface area contributed by atoms with Gasteiger partial charge in [-0.05, 0) is 30.2 Å². The number of benzene rings is 1. The molecule has 2 amide bonds. The van der Waals surface area contributed by atoms with E-state index in [1.165, 1.54) is 4.90 Å². The van der Waals surface area contributed by atoms with E-state index in [2.05, 4.69) is 5.32 Å². The maximum Gasteiger partial charge on any atom is 0.244 e. The van der Waals surface area contributed by atoms with Gasteiger partial charge < -0.3 is 15.0 Å². The van der Waals surface area contributed by atoms with Gasteiger partial charge in [-0.2, -0.15) is 0 Å². The van der Waals surface area contributed by atoms with Crippen LogP contribution in [-0.4, -0.2) is 32.0 Å². The zero-order valence-corrected chi connectivity index (χ0v) is 11.0. The van der Waals surface area contributed by atoms with E-state index in [9.17, 15) is 9.59 Å². The minimum Gasteiger partial charge on any atom is -0.497 e. The number of anilines is 1. The summed E-state index contributed by atoms with van der Waals surface area (Å²) >= 11 is 0. The number of nitrogens with one attached hydrogen (secondary N) is 1. The van der Waals surface area contributed by atoms with Crippen LogP contribution in [0, 0.1) is 0 Å². The van der Waals surface area contributed by atoms with Crippen LogP contribution in [0.25, 0.3) is 0 Å². The van der Waals surface area contributed by atoms with Gasteiger partial charge >= 0.3 is 0 Å². The van der Waals surface area contributed by atoms with Crippen molar-refractivity contribution in [2.75, 3.05) is 18.6 Å². The summed E-state index contributed by atoms with van der Waals surface area (Å²) in [7, 11) is 1.61. The maximum absolute atomic E-state index is 12.1. The van der Waals surface area contributed by atoms with Crippen LogP contribution in [0.2, 0.25) is 0 Å². The second kappa shape index (κ2) is 3.98. The summed E-state index contributed by atoms with van der Waals surface area (Å²) < 4.78 is 5.25. The molecule has 100 valence electrons. The van der Waals surface area contributed by atoms with E-state index in [4.69, 9.17) is 4.74 Å². The molecule has 2 unspecified atom stereocenters. The molecule has 1 N–H and O–H groups in total. The van der Waals surface area contributed by atoms with Crippen LogP contribution in [0.4, 0.5) is 5.69 Å². The number of piperidine rings is 1. The molecule has 2 aliphatic rings. The molecular weight excluding hydrogens is 244 g/mol. The molecular formula is C14H16N2O3. The topological polar surface area (TPSA) is 58.6 Å². The first-order valence-electron chi connectivity index (χ1n) is 6.31. The van der Waals surface area contributed by atoms with Gasteiger partial charge in [0.05, 0.1) is 7.11 Å². The maximum atomic E-state index is 12.1. The number of fused-ring (bicyclic) bond motifs is 3. The Labute approximate surface area is 111 Å². The molecule has 1 fully saturated rings. The van der Waals surface area contributed by atoms with Crippen molar-refractivity contribution in [1.82, 2.24) is 5.32 Å². The third-order valence-corrected chi connectivity index (χ3v) is 4.28. The fraction of sp³-hybridized carbons (Fsp3) is 0.429. The Bertz CT molecular complexity index is 558. The predicted octanol–water partition coefficient (Wildman–Crippen LogP) is 0.818. The van der Waals surface area contributed by atoms with Crippen LogP contribution in [0.1, 0.15) is 18.9 Å². The van der Waals surface area contributed by atoms with E-state index in [0.717, 1.165) is 29.8 Å². The first-order chi connectivity index (χ1) is 9.11. The van der Waals surface area contributed by atoms with Crippen molar-refractivity contribution in [3.63, 3.8) is 0 Å². The zero-order valence-electron chi connectivity index (χ0n) is 11.0. The van der Waals surface area contributed by atoms with Gasteiger partial charge in [0, 0.05) is 17.6 Å². The van der Waals surface area contributed by atoms with Gasteiger partial charge in [-0.25, -0.2) is 0 Å². The highest BCUT2D eigenvalue weighted by molar-refractivity contribution is 5.98. The lowest BCUT2D eigenvalue weighted by Gasteiger charge is -2.37. The lowest BCUT2D eigenvalue weighted by atomic mass is 9.73. The predicted molar refractivity (Wildman–Crippen MR) is 70.3 cm³/mol. The van der Waals surface area contributed by atoms with Gasteiger partial charge in [0.2, 0.25) is 12.3 Å². The minimum atomic E-state index is -0.458. The monoisotopic (exact) mass is 260 g/mol. The molecule has 5 nitrogen and oxygen atoms in total. The van der Waals surface area contributed by atoms with E-state index in [-0.39, 0.29) is 11.3 Å². The van der Waals surface area contributed by atoms with Crippen LogP contribution in [0.5, 0.6) is 5.75 Å². The molecule has 0 spiro atoms. The second-order valence-electron chi connectivity index (χ2n) is 5.26. The van der Waals surface area contributed by atoms with E-state index in [1.54, 1.807) is 7.11 Å². The fourth-order valence-electron chi connectivity index (χ4n) is 3.26. The molecule has 0 saturated carbocycles. The van der Waals surface area contributed by atoms with Crippen LogP contribution in [0.15, 0.2) is 18.2 Å². The Balaban J connectivity index is 2.20. The Hall–Kier alpha value is -2.04. The smallest absolute Gasteiger partial charge is 0.244 e. The number of carbonyl (C=O) groups excluding carboxylic acids is 2. The zero-order chi connectivity index (χ0) is 13.6. The van der Waals surface area contributed by atoms with Crippen molar-refractivity contribution < 1.29 is 14.3 Å². The molecule has 19 heavy (non-hydrogen) atoms. The van der Waals surface area contributed by atoms with Crippen LogP contribution in [-0.2, 0) is 15.0 Å². The molecule has 5 heteroatoms. The van der Waals surface area contributed by atoms with Gasteiger partial charge in [-0.1, -0.05) is 6.92 Å². The molecule has 3 rings (SSSR count). The van der Waals surface area contributed by atoms with Crippen molar-refractivity contribution in [3.8, 4) is 5.75 Å². The summed E-state index contributed by atoms with van der Waals surface area (Å²) in [5.41, 5.74) is 1.48. The highest BCUT2D eigenvalue weighted by Crippen LogP contribution is 2.49. The molecule has 1 aromatic carbocycles. The fourth-order valence-corrected chi connectivity index (χ4v) is 3.26. The second-order valence-corrected chi connectivity index (χ2v) is 5.26. The average molecular weight is 260 g/mol. The molecule has 2 heterocycles. The average Bonchev–Trinajstić information content (AvgIpc) is 2.68. The standard InChI is InChI=1S/C14H16N2O3/c1-14-5-6-15-13(18)12(14)16(8-17)11-4-3-9(19-2)7-10(11)14/h3-4,7-8,12H,5-6H2,1-2H3,(H,15,18). The van der Waals surface area contributed by atoms with E-state index < -0.39 is 6.04 Å². The highest BCUT2D eigenvalue weighted by Gasteiger charge is 2.53. The van der Waals surface area contributed by atoms with E-state index >= 15 is 0 Å². The quantitative estimate of drug-likeness (QED) is 0.801. The number of nitrogens with zero attached hydrogens (tertiary/aromatic N) is 1. The normalized spacial score (nSPS) is 28.4. The highest BCUT2D eigenvalue weighted by atomic mass is 16.5. The van der Waals surface area contributed by atoms with Crippen molar-refractivity contribution in [2.24, 2.45) is 0 Å². The Kier molecular flexibility index (Phi) is 2.52. The summed E-state index contributed by atoms with van der Waals surface area (Å²) in [5.74, 6) is 0.661. The molecule has 1 saturated heterocycles. The van der Waals surface area contributed by atoms with Crippen LogP contribution in [0.3, 0.4) is 0 Å². The lowest BCUT2D eigenvalue weighted by molar-refractivity contribution is -0.126. The van der Waals surface area contributed by atoms with Crippen LogP contribution >= 0.6 is 0 Å². The molecule has 0 aliphatic carbocycles. The molecule has 0 radical (unpaired) electrons. The number of ether oxygens (including phenoxy) is 1. The minimum absolute atomic E-state index is 0.0870. The Morgan fingerprint density at radius 1 is 1.53 bits per heavy atom. The molecule has 2 atom stereocenters. The van der Waals surface area contributed by atoms with E-state index in [1.807, 2.05) is 25.1 Å². The molecule has 0 aromatic heterocycles. The van der Waals surface area contributed by atoms with Gasteiger partial charge in [0.25, 0.3) is 0 Å². The number of hydrogen-bond donors (Lipinski definition) is 1. The number of hydrogen-bond acceptors (Lipinski definition) is 3. The largest absolute Gasteiger partial charge is 0.497 e. The number of methoxy groups -OCH3 is 1. The lowest BCUT2D eigenvalue weighted by Crippen LogP contribution is -2.58. The summed E-state index contributed by atoms with van der Waals surface area (Å²) in [4.78, 5) is 25.0. The third-order valence-electron chi connectivity index (χ3n) is 4.28. The van der Waals surface area contributed by atoms with E-state index in [0.29, 0.717) is 6.54 Å². The SMILES string of the molecule is COc1ccc2c(c1)C1(C)CCNC(=O)C1N2C=O. The number of amides is 2. The van der Waals surface area contributed by atoms with Gasteiger partial charge in [-0.3, -0.25) is 9.59 Å². The first-order valence-corrected chi connectivity index (χ1v) is 6.31. The van der Waals surface area contributed by atoms with Crippen molar-refractivity contribution in [2.45, 2.75) is 24.8 Å². The Morgan fingerprint density at radius 3 is 3.00 bits per heavy atom. The number of rotatable bonds is 2. The summed E-state index contributed by atoms with van der Waals surface area (Å²) in [5, 5.41) is 2.84.